The van der Waals surface area contributed by atoms with Crippen LogP contribution in [0.5, 0.6) is 5.75 Å². The van der Waals surface area contributed by atoms with Gasteiger partial charge in [-0.25, -0.2) is 0 Å². The molecule has 19 heavy (non-hydrogen) atoms. The third-order valence-corrected chi connectivity index (χ3v) is 3.02. The van der Waals surface area contributed by atoms with Crippen LogP contribution in [-0.4, -0.2) is 23.5 Å². The van der Waals surface area contributed by atoms with Crippen LogP contribution in [0.15, 0.2) is 24.3 Å². The molecule has 1 aromatic carbocycles. The molecule has 1 atom stereocenters. The lowest BCUT2D eigenvalue weighted by Gasteiger charge is -2.21. The highest BCUT2D eigenvalue weighted by Crippen LogP contribution is 2.21. The second kappa shape index (κ2) is 5.33. The molecule has 1 unspecified atom stereocenters. The molecular weight excluding hydrogens is 238 g/mol. The zero-order valence-electron chi connectivity index (χ0n) is 12.2. The highest BCUT2D eigenvalue weighted by atomic mass is 16.5. The van der Waals surface area contributed by atoms with Crippen LogP contribution in [0.1, 0.15) is 50.9 Å². The van der Waals surface area contributed by atoms with Gasteiger partial charge in [0.25, 0.3) is 0 Å². The summed E-state index contributed by atoms with van der Waals surface area (Å²) in [4.78, 5) is 12.2. The van der Waals surface area contributed by atoms with Gasteiger partial charge in [-0.05, 0) is 64.8 Å². The second-order valence-electron chi connectivity index (χ2n) is 6.27. The molecule has 0 radical (unpaired) electrons. The molecule has 1 aliphatic carbocycles. The SMILES string of the molecule is CC(NC1CC1)C(=O)c1ccc(OC(C)(C)C)cc1. The summed E-state index contributed by atoms with van der Waals surface area (Å²) in [5, 5.41) is 3.32. The van der Waals surface area contributed by atoms with E-state index in [2.05, 4.69) is 5.32 Å². The number of nitrogens with one attached hydrogen (secondary N) is 1. The van der Waals surface area contributed by atoms with Gasteiger partial charge in [0.15, 0.2) is 5.78 Å². The third kappa shape index (κ3) is 4.35. The third-order valence-electron chi connectivity index (χ3n) is 3.02. The van der Waals surface area contributed by atoms with E-state index in [1.54, 1.807) is 0 Å². The highest BCUT2D eigenvalue weighted by Gasteiger charge is 2.26. The Labute approximate surface area is 115 Å². The largest absolute Gasteiger partial charge is 0.488 e. The van der Waals surface area contributed by atoms with Gasteiger partial charge in [0.05, 0.1) is 6.04 Å². The topological polar surface area (TPSA) is 38.3 Å². The van der Waals surface area contributed by atoms with Crippen molar-refractivity contribution in [1.29, 1.82) is 0 Å². The van der Waals surface area contributed by atoms with Gasteiger partial charge in [-0.1, -0.05) is 0 Å². The van der Waals surface area contributed by atoms with Gasteiger partial charge in [-0.3, -0.25) is 4.79 Å². The molecule has 0 amide bonds. The minimum atomic E-state index is -0.216. The van der Waals surface area contributed by atoms with Crippen LogP contribution in [-0.2, 0) is 0 Å². The van der Waals surface area contributed by atoms with Gasteiger partial charge in [0.1, 0.15) is 11.4 Å². The Kier molecular flexibility index (Phi) is 3.95. The number of ketones is 1. The molecule has 0 saturated heterocycles. The van der Waals surface area contributed by atoms with E-state index >= 15 is 0 Å². The maximum Gasteiger partial charge on any atom is 0.179 e. The van der Waals surface area contributed by atoms with Crippen molar-refractivity contribution in [1.82, 2.24) is 5.32 Å². The Balaban J connectivity index is 1.98. The number of rotatable bonds is 5. The van der Waals surface area contributed by atoms with E-state index in [0.29, 0.717) is 6.04 Å². The number of benzene rings is 1. The van der Waals surface area contributed by atoms with Crippen LogP contribution in [0.2, 0.25) is 0 Å². The van der Waals surface area contributed by atoms with E-state index < -0.39 is 0 Å². The van der Waals surface area contributed by atoms with Crippen molar-refractivity contribution < 1.29 is 9.53 Å². The fraction of sp³-hybridized carbons (Fsp3) is 0.562. The minimum absolute atomic E-state index is 0.109. The first-order valence-corrected chi connectivity index (χ1v) is 6.94. The first kappa shape index (κ1) is 14.1. The Hall–Kier alpha value is -1.35. The van der Waals surface area contributed by atoms with Crippen molar-refractivity contribution in [2.24, 2.45) is 0 Å². The quantitative estimate of drug-likeness (QED) is 0.827. The predicted octanol–water partition coefficient (Wildman–Crippen LogP) is 3.19. The molecule has 1 fully saturated rings. The van der Waals surface area contributed by atoms with Crippen LogP contribution >= 0.6 is 0 Å². The zero-order valence-corrected chi connectivity index (χ0v) is 12.2. The van der Waals surface area contributed by atoms with E-state index in [1.807, 2.05) is 52.0 Å². The molecule has 3 nitrogen and oxygen atoms in total. The van der Waals surface area contributed by atoms with Crippen molar-refractivity contribution in [3.05, 3.63) is 29.8 Å². The number of hydrogen-bond donors (Lipinski definition) is 1. The molecule has 1 saturated carbocycles. The van der Waals surface area contributed by atoms with Crippen LogP contribution in [0.4, 0.5) is 0 Å². The van der Waals surface area contributed by atoms with Crippen LogP contribution in [0.3, 0.4) is 0 Å². The van der Waals surface area contributed by atoms with E-state index in [1.165, 1.54) is 12.8 Å². The molecule has 0 bridgehead atoms. The summed E-state index contributed by atoms with van der Waals surface area (Å²) in [6.07, 6.45) is 2.38. The molecule has 1 aliphatic rings. The Morgan fingerprint density at radius 2 is 1.84 bits per heavy atom. The monoisotopic (exact) mass is 261 g/mol. The summed E-state index contributed by atoms with van der Waals surface area (Å²) in [6, 6.07) is 7.84. The number of ether oxygens (including phenoxy) is 1. The first-order valence-electron chi connectivity index (χ1n) is 6.94. The van der Waals surface area contributed by atoms with Crippen molar-refractivity contribution in [3.63, 3.8) is 0 Å². The molecule has 0 spiro atoms. The maximum absolute atomic E-state index is 12.2. The lowest BCUT2D eigenvalue weighted by atomic mass is 10.1. The Morgan fingerprint density at radius 1 is 1.26 bits per heavy atom. The average molecular weight is 261 g/mol. The van der Waals surface area contributed by atoms with E-state index in [4.69, 9.17) is 4.74 Å². The molecule has 104 valence electrons. The van der Waals surface area contributed by atoms with Crippen LogP contribution < -0.4 is 10.1 Å². The smallest absolute Gasteiger partial charge is 0.179 e. The molecular formula is C16H23NO2. The average Bonchev–Trinajstić information content (AvgIpc) is 3.11. The fourth-order valence-electron chi connectivity index (χ4n) is 1.97. The predicted molar refractivity (Wildman–Crippen MR) is 76.8 cm³/mol. The second-order valence-corrected chi connectivity index (χ2v) is 6.27. The lowest BCUT2D eigenvalue weighted by Crippen LogP contribution is -2.35. The normalized spacial score (nSPS) is 17.1. The van der Waals surface area contributed by atoms with Gasteiger partial charge in [-0.2, -0.15) is 0 Å². The Bertz CT molecular complexity index is 441. The summed E-state index contributed by atoms with van der Waals surface area (Å²) in [5.41, 5.74) is 0.522. The van der Waals surface area contributed by atoms with Gasteiger partial charge in [-0.15, -0.1) is 0 Å². The van der Waals surface area contributed by atoms with Gasteiger partial charge in [0.2, 0.25) is 0 Å². The number of hydrogen-bond acceptors (Lipinski definition) is 3. The molecule has 1 N–H and O–H groups in total. The van der Waals surface area contributed by atoms with Crippen molar-refractivity contribution in [2.45, 2.75) is 58.2 Å². The summed E-state index contributed by atoms with van der Waals surface area (Å²) < 4.78 is 5.74. The van der Waals surface area contributed by atoms with E-state index in [0.717, 1.165) is 11.3 Å². The molecule has 0 aromatic heterocycles. The van der Waals surface area contributed by atoms with Crippen molar-refractivity contribution >= 4 is 5.78 Å². The van der Waals surface area contributed by atoms with Gasteiger partial charge < -0.3 is 10.1 Å². The van der Waals surface area contributed by atoms with E-state index in [9.17, 15) is 4.79 Å². The van der Waals surface area contributed by atoms with E-state index in [-0.39, 0.29) is 17.4 Å². The summed E-state index contributed by atoms with van der Waals surface area (Å²) in [6.45, 7) is 7.95. The summed E-state index contributed by atoms with van der Waals surface area (Å²) in [7, 11) is 0. The Morgan fingerprint density at radius 3 is 2.32 bits per heavy atom. The standard InChI is InChI=1S/C16H23NO2/c1-11(17-13-7-8-13)15(18)12-5-9-14(10-6-12)19-16(2,3)4/h5-6,9-11,13,17H,7-8H2,1-4H3. The molecule has 1 aromatic rings. The van der Waals surface area contributed by atoms with Crippen LogP contribution in [0.25, 0.3) is 0 Å². The maximum atomic E-state index is 12.2. The zero-order chi connectivity index (χ0) is 14.0. The minimum Gasteiger partial charge on any atom is -0.488 e. The summed E-state index contributed by atoms with van der Waals surface area (Å²) >= 11 is 0. The lowest BCUT2D eigenvalue weighted by molar-refractivity contribution is 0.0950. The van der Waals surface area contributed by atoms with Crippen LogP contribution in [0, 0.1) is 0 Å². The number of Topliss-reactive ketones (excluding diaryl/α,β-unsaturated/α-hetero) is 1. The fourth-order valence-corrected chi connectivity index (χ4v) is 1.97. The highest BCUT2D eigenvalue weighted by molar-refractivity contribution is 5.99. The van der Waals surface area contributed by atoms with Gasteiger partial charge in [0, 0.05) is 11.6 Å². The number of carbonyl (C=O) groups is 1. The molecule has 0 aliphatic heterocycles. The number of carbonyl (C=O) groups excluding carboxylic acids is 1. The van der Waals surface area contributed by atoms with Crippen molar-refractivity contribution in [3.8, 4) is 5.75 Å². The summed E-state index contributed by atoms with van der Waals surface area (Å²) in [5.74, 6) is 0.945. The molecule has 3 heteroatoms. The van der Waals surface area contributed by atoms with Crippen molar-refractivity contribution in [2.75, 3.05) is 0 Å². The molecule has 2 rings (SSSR count). The first-order chi connectivity index (χ1) is 8.85. The van der Waals surface area contributed by atoms with Gasteiger partial charge >= 0.3 is 0 Å². The molecule has 0 heterocycles.